The number of amides is 1. The van der Waals surface area contributed by atoms with Gasteiger partial charge in [0.2, 0.25) is 5.91 Å². The number of ether oxygens (including phenoxy) is 1. The van der Waals surface area contributed by atoms with Crippen molar-refractivity contribution in [3.8, 4) is 0 Å². The molecule has 2 heterocycles. The largest absolute Gasteiger partial charge is 0.384 e. The molecule has 3 fully saturated rings. The Kier molecular flexibility index (Phi) is 4.32. The van der Waals surface area contributed by atoms with Crippen molar-refractivity contribution in [1.82, 2.24) is 10.2 Å². The van der Waals surface area contributed by atoms with E-state index in [9.17, 15) is 4.79 Å². The predicted octanol–water partition coefficient (Wildman–Crippen LogP) is 1.65. The van der Waals surface area contributed by atoms with Crippen LogP contribution >= 0.6 is 0 Å². The smallest absolute Gasteiger partial charge is 0.230 e. The molecule has 2 saturated heterocycles. The molecule has 4 heteroatoms. The third-order valence-electron chi connectivity index (χ3n) is 5.77. The highest BCUT2D eigenvalue weighted by Crippen LogP contribution is 2.45. The molecule has 4 nitrogen and oxygen atoms in total. The molecule has 1 aliphatic carbocycles. The lowest BCUT2D eigenvalue weighted by Gasteiger charge is -2.43. The number of carbonyl (C=O) groups excluding carboxylic acids is 1. The summed E-state index contributed by atoms with van der Waals surface area (Å²) in [4.78, 5) is 15.2. The molecule has 0 aromatic heterocycles. The lowest BCUT2D eigenvalue weighted by Crippen LogP contribution is -2.52. The molecule has 0 aromatic carbocycles. The molecule has 3 rings (SSSR count). The highest BCUT2D eigenvalue weighted by molar-refractivity contribution is 5.84. The van der Waals surface area contributed by atoms with Crippen LogP contribution in [0.2, 0.25) is 0 Å². The van der Waals surface area contributed by atoms with E-state index in [1.54, 1.807) is 7.11 Å². The highest BCUT2D eigenvalue weighted by atomic mass is 16.5. The maximum Gasteiger partial charge on any atom is 0.230 e. The number of piperidine rings is 1. The standard InChI is InChI=1S/C16H28N2O2/c1-20-11-13-5-8-18(9-6-13)15(19)16-7-3-2-4-14(16)10-17-12-16/h13-14,17H,2-12H2,1H3/t14-,16+/m0/s1. The van der Waals surface area contributed by atoms with E-state index in [0.29, 0.717) is 17.7 Å². The van der Waals surface area contributed by atoms with Gasteiger partial charge in [0.05, 0.1) is 5.41 Å². The first-order chi connectivity index (χ1) is 9.76. The maximum absolute atomic E-state index is 13.1. The zero-order valence-electron chi connectivity index (χ0n) is 12.7. The molecule has 0 aromatic rings. The average molecular weight is 280 g/mol. The van der Waals surface area contributed by atoms with E-state index < -0.39 is 0 Å². The molecule has 1 saturated carbocycles. The fourth-order valence-corrected chi connectivity index (χ4v) is 4.52. The van der Waals surface area contributed by atoms with Crippen molar-refractivity contribution in [3.63, 3.8) is 0 Å². The van der Waals surface area contributed by atoms with Crippen LogP contribution in [0, 0.1) is 17.3 Å². The number of methoxy groups -OCH3 is 1. The fraction of sp³-hybridized carbons (Fsp3) is 0.938. The zero-order chi connectivity index (χ0) is 14.0. The van der Waals surface area contributed by atoms with Gasteiger partial charge in [0.1, 0.15) is 0 Å². The molecule has 2 aliphatic heterocycles. The van der Waals surface area contributed by atoms with Gasteiger partial charge in [-0.2, -0.15) is 0 Å². The zero-order valence-corrected chi connectivity index (χ0v) is 12.7. The van der Waals surface area contributed by atoms with E-state index in [2.05, 4.69) is 10.2 Å². The number of hydrogen-bond acceptors (Lipinski definition) is 3. The molecule has 2 atom stereocenters. The summed E-state index contributed by atoms with van der Waals surface area (Å²) in [6.45, 7) is 4.67. The van der Waals surface area contributed by atoms with Gasteiger partial charge in [-0.3, -0.25) is 4.79 Å². The van der Waals surface area contributed by atoms with Crippen LogP contribution in [0.3, 0.4) is 0 Å². The molecule has 1 N–H and O–H groups in total. The molecule has 20 heavy (non-hydrogen) atoms. The van der Waals surface area contributed by atoms with E-state index in [1.807, 2.05) is 0 Å². The minimum atomic E-state index is -0.0632. The van der Waals surface area contributed by atoms with Gasteiger partial charge in [-0.25, -0.2) is 0 Å². The van der Waals surface area contributed by atoms with Crippen LogP contribution in [0.15, 0.2) is 0 Å². The Bertz CT molecular complexity index is 352. The Morgan fingerprint density at radius 1 is 1.30 bits per heavy atom. The SMILES string of the molecule is COCC1CCN(C(=O)[C@@]23CCCC[C@H]2CNC3)CC1. The fourth-order valence-electron chi connectivity index (χ4n) is 4.52. The second-order valence-corrected chi connectivity index (χ2v) is 6.92. The van der Waals surface area contributed by atoms with Crippen molar-refractivity contribution in [2.24, 2.45) is 17.3 Å². The summed E-state index contributed by atoms with van der Waals surface area (Å²) >= 11 is 0. The van der Waals surface area contributed by atoms with E-state index in [-0.39, 0.29) is 5.41 Å². The summed E-state index contributed by atoms with van der Waals surface area (Å²) in [6.07, 6.45) is 7.07. The van der Waals surface area contributed by atoms with Gasteiger partial charge in [-0.05, 0) is 44.1 Å². The van der Waals surface area contributed by atoms with Crippen LogP contribution in [-0.2, 0) is 9.53 Å². The van der Waals surface area contributed by atoms with Crippen molar-refractivity contribution in [2.45, 2.75) is 38.5 Å². The number of nitrogens with zero attached hydrogens (tertiary/aromatic N) is 1. The number of carbonyl (C=O) groups is 1. The molecule has 1 amide bonds. The number of fused-ring (bicyclic) bond motifs is 1. The van der Waals surface area contributed by atoms with Crippen molar-refractivity contribution >= 4 is 5.91 Å². The number of likely N-dealkylation sites (tertiary alicyclic amines) is 1. The quantitative estimate of drug-likeness (QED) is 0.855. The Morgan fingerprint density at radius 3 is 2.85 bits per heavy atom. The normalized spacial score (nSPS) is 35.0. The number of rotatable bonds is 3. The van der Waals surface area contributed by atoms with Crippen LogP contribution in [0.1, 0.15) is 38.5 Å². The lowest BCUT2D eigenvalue weighted by molar-refractivity contribution is -0.147. The van der Waals surface area contributed by atoms with Crippen molar-refractivity contribution in [3.05, 3.63) is 0 Å². The lowest BCUT2D eigenvalue weighted by atomic mass is 9.67. The van der Waals surface area contributed by atoms with Gasteiger partial charge >= 0.3 is 0 Å². The van der Waals surface area contributed by atoms with Crippen LogP contribution in [0.25, 0.3) is 0 Å². The van der Waals surface area contributed by atoms with E-state index in [4.69, 9.17) is 4.74 Å². The Hall–Kier alpha value is -0.610. The summed E-state index contributed by atoms with van der Waals surface area (Å²) in [5.74, 6) is 1.67. The molecule has 0 spiro atoms. The Morgan fingerprint density at radius 2 is 2.10 bits per heavy atom. The highest BCUT2D eigenvalue weighted by Gasteiger charge is 2.51. The van der Waals surface area contributed by atoms with Gasteiger partial charge < -0.3 is 15.0 Å². The average Bonchev–Trinajstić information content (AvgIpc) is 2.92. The van der Waals surface area contributed by atoms with E-state index in [1.165, 1.54) is 19.3 Å². The summed E-state index contributed by atoms with van der Waals surface area (Å²) in [5.41, 5.74) is -0.0632. The molecule has 0 bridgehead atoms. The summed E-state index contributed by atoms with van der Waals surface area (Å²) < 4.78 is 5.25. The minimum absolute atomic E-state index is 0.0632. The van der Waals surface area contributed by atoms with Gasteiger partial charge in [0.15, 0.2) is 0 Å². The first-order valence-corrected chi connectivity index (χ1v) is 8.25. The summed E-state index contributed by atoms with van der Waals surface area (Å²) in [6, 6.07) is 0. The van der Waals surface area contributed by atoms with Crippen LogP contribution in [-0.4, -0.2) is 50.7 Å². The van der Waals surface area contributed by atoms with Crippen LogP contribution in [0.4, 0.5) is 0 Å². The van der Waals surface area contributed by atoms with Crippen molar-refractivity contribution < 1.29 is 9.53 Å². The molecular weight excluding hydrogens is 252 g/mol. The van der Waals surface area contributed by atoms with Gasteiger partial charge in [0, 0.05) is 33.4 Å². The van der Waals surface area contributed by atoms with Gasteiger partial charge in [-0.1, -0.05) is 12.8 Å². The third-order valence-corrected chi connectivity index (χ3v) is 5.77. The summed E-state index contributed by atoms with van der Waals surface area (Å²) in [7, 11) is 1.77. The third kappa shape index (κ3) is 2.48. The van der Waals surface area contributed by atoms with Gasteiger partial charge in [0.25, 0.3) is 0 Å². The first kappa shape index (κ1) is 14.3. The molecule has 114 valence electrons. The van der Waals surface area contributed by atoms with Crippen molar-refractivity contribution in [2.75, 3.05) is 39.9 Å². The van der Waals surface area contributed by atoms with Crippen LogP contribution < -0.4 is 5.32 Å². The molecule has 0 unspecified atom stereocenters. The van der Waals surface area contributed by atoms with E-state index in [0.717, 1.165) is 52.0 Å². The topological polar surface area (TPSA) is 41.6 Å². The minimum Gasteiger partial charge on any atom is -0.384 e. The maximum atomic E-state index is 13.1. The number of hydrogen-bond donors (Lipinski definition) is 1. The first-order valence-electron chi connectivity index (χ1n) is 8.25. The Labute approximate surface area is 122 Å². The number of nitrogens with one attached hydrogen (secondary N) is 1. The predicted molar refractivity (Wildman–Crippen MR) is 78.4 cm³/mol. The molecule has 3 aliphatic rings. The summed E-state index contributed by atoms with van der Waals surface area (Å²) in [5, 5.41) is 3.49. The monoisotopic (exact) mass is 280 g/mol. The second-order valence-electron chi connectivity index (χ2n) is 6.92. The van der Waals surface area contributed by atoms with Crippen molar-refractivity contribution in [1.29, 1.82) is 0 Å². The van der Waals surface area contributed by atoms with E-state index >= 15 is 0 Å². The van der Waals surface area contributed by atoms with Crippen LogP contribution in [0.5, 0.6) is 0 Å². The molecule has 0 radical (unpaired) electrons. The Balaban J connectivity index is 1.64. The van der Waals surface area contributed by atoms with Gasteiger partial charge in [-0.15, -0.1) is 0 Å². The second kappa shape index (κ2) is 6.02. The molecular formula is C16H28N2O2.